The summed E-state index contributed by atoms with van der Waals surface area (Å²) >= 11 is 0. The minimum absolute atomic E-state index is 0.767. The molecule has 0 bridgehead atoms. The number of hydrogen-bond donors (Lipinski definition) is 1. The SMILES string of the molecule is CCCNCc1cnc(N2CCOCC2)nc1. The Morgan fingerprint density at radius 1 is 1.29 bits per heavy atom. The van der Waals surface area contributed by atoms with Crippen LogP contribution < -0.4 is 10.2 Å². The lowest BCUT2D eigenvalue weighted by Gasteiger charge is -2.26. The molecule has 1 aliphatic rings. The highest BCUT2D eigenvalue weighted by atomic mass is 16.5. The van der Waals surface area contributed by atoms with Gasteiger partial charge in [-0.05, 0) is 13.0 Å². The van der Waals surface area contributed by atoms with E-state index in [4.69, 9.17) is 4.74 Å². The predicted octanol–water partition coefficient (Wildman–Crippen LogP) is 0.813. The maximum Gasteiger partial charge on any atom is 0.225 e. The van der Waals surface area contributed by atoms with Crippen LogP contribution >= 0.6 is 0 Å². The van der Waals surface area contributed by atoms with Crippen LogP contribution in [0, 0.1) is 0 Å². The van der Waals surface area contributed by atoms with Gasteiger partial charge in [-0.15, -0.1) is 0 Å². The molecule has 17 heavy (non-hydrogen) atoms. The van der Waals surface area contributed by atoms with Crippen LogP contribution in [0.3, 0.4) is 0 Å². The maximum atomic E-state index is 5.30. The highest BCUT2D eigenvalue weighted by Gasteiger charge is 2.12. The van der Waals surface area contributed by atoms with Gasteiger partial charge in [0.1, 0.15) is 0 Å². The lowest BCUT2D eigenvalue weighted by atomic mass is 10.3. The van der Waals surface area contributed by atoms with E-state index in [0.717, 1.165) is 57.3 Å². The van der Waals surface area contributed by atoms with Gasteiger partial charge in [0.25, 0.3) is 0 Å². The number of nitrogens with zero attached hydrogens (tertiary/aromatic N) is 3. The fourth-order valence-corrected chi connectivity index (χ4v) is 1.78. The first-order chi connectivity index (χ1) is 8.40. The normalized spacial score (nSPS) is 16.2. The number of hydrogen-bond acceptors (Lipinski definition) is 5. The van der Waals surface area contributed by atoms with Gasteiger partial charge in [-0.3, -0.25) is 0 Å². The average molecular weight is 236 g/mol. The zero-order chi connectivity index (χ0) is 11.9. The highest BCUT2D eigenvalue weighted by molar-refractivity contribution is 5.30. The van der Waals surface area contributed by atoms with Crippen molar-refractivity contribution in [3.05, 3.63) is 18.0 Å². The van der Waals surface area contributed by atoms with Gasteiger partial charge in [0.15, 0.2) is 0 Å². The third-order valence-electron chi connectivity index (χ3n) is 2.74. The molecule has 0 atom stereocenters. The van der Waals surface area contributed by atoms with Crippen molar-refractivity contribution in [3.63, 3.8) is 0 Å². The third kappa shape index (κ3) is 3.64. The minimum Gasteiger partial charge on any atom is -0.378 e. The van der Waals surface area contributed by atoms with Crippen molar-refractivity contribution in [1.29, 1.82) is 0 Å². The van der Waals surface area contributed by atoms with Crippen LogP contribution in [0.2, 0.25) is 0 Å². The number of aromatic nitrogens is 2. The molecule has 2 rings (SSSR count). The van der Waals surface area contributed by atoms with Gasteiger partial charge in [0, 0.05) is 37.6 Å². The molecular formula is C12H20N4O. The maximum absolute atomic E-state index is 5.30. The monoisotopic (exact) mass is 236 g/mol. The summed E-state index contributed by atoms with van der Waals surface area (Å²) in [6.07, 6.45) is 4.95. The van der Waals surface area contributed by atoms with Gasteiger partial charge in [-0.25, -0.2) is 9.97 Å². The fraction of sp³-hybridized carbons (Fsp3) is 0.667. The summed E-state index contributed by atoms with van der Waals surface area (Å²) in [7, 11) is 0. The topological polar surface area (TPSA) is 50.3 Å². The van der Waals surface area contributed by atoms with Crippen molar-refractivity contribution >= 4 is 5.95 Å². The Kier molecular flexibility index (Phi) is 4.70. The van der Waals surface area contributed by atoms with E-state index in [2.05, 4.69) is 27.1 Å². The molecule has 1 N–H and O–H groups in total. The van der Waals surface area contributed by atoms with Crippen molar-refractivity contribution in [3.8, 4) is 0 Å². The molecule has 0 radical (unpaired) electrons. The third-order valence-corrected chi connectivity index (χ3v) is 2.74. The quantitative estimate of drug-likeness (QED) is 0.767. The van der Waals surface area contributed by atoms with E-state index >= 15 is 0 Å². The molecule has 94 valence electrons. The van der Waals surface area contributed by atoms with E-state index in [-0.39, 0.29) is 0 Å². The second-order valence-electron chi connectivity index (χ2n) is 4.17. The van der Waals surface area contributed by atoms with Gasteiger partial charge in [-0.1, -0.05) is 6.92 Å². The van der Waals surface area contributed by atoms with Gasteiger partial charge in [0.05, 0.1) is 13.2 Å². The Balaban J connectivity index is 1.88. The first kappa shape index (κ1) is 12.3. The second kappa shape index (κ2) is 6.51. The Labute approximate surface area is 102 Å². The average Bonchev–Trinajstić information content (AvgIpc) is 2.41. The number of morpholine rings is 1. The molecular weight excluding hydrogens is 216 g/mol. The van der Waals surface area contributed by atoms with E-state index in [1.54, 1.807) is 0 Å². The standard InChI is InChI=1S/C12H20N4O/c1-2-3-13-8-11-9-14-12(15-10-11)16-4-6-17-7-5-16/h9-10,13H,2-8H2,1H3. The summed E-state index contributed by atoms with van der Waals surface area (Å²) in [5.41, 5.74) is 1.13. The minimum atomic E-state index is 0.767. The first-order valence-electron chi connectivity index (χ1n) is 6.24. The van der Waals surface area contributed by atoms with Crippen molar-refractivity contribution in [2.24, 2.45) is 0 Å². The molecule has 0 spiro atoms. The summed E-state index contributed by atoms with van der Waals surface area (Å²) in [4.78, 5) is 11.0. The smallest absolute Gasteiger partial charge is 0.225 e. The van der Waals surface area contributed by atoms with E-state index in [1.807, 2.05) is 12.4 Å². The summed E-state index contributed by atoms with van der Waals surface area (Å²) in [6, 6.07) is 0. The molecule has 1 saturated heterocycles. The van der Waals surface area contributed by atoms with Crippen LogP contribution in [-0.4, -0.2) is 42.8 Å². The summed E-state index contributed by atoms with van der Waals surface area (Å²) in [6.45, 7) is 7.33. The number of anilines is 1. The van der Waals surface area contributed by atoms with Crippen LogP contribution in [0.15, 0.2) is 12.4 Å². The van der Waals surface area contributed by atoms with E-state index in [0.29, 0.717) is 0 Å². The number of rotatable bonds is 5. The van der Waals surface area contributed by atoms with Crippen molar-refractivity contribution < 1.29 is 4.74 Å². The Bertz CT molecular complexity index is 322. The molecule has 1 aromatic heterocycles. The Morgan fingerprint density at radius 2 is 2.00 bits per heavy atom. The number of ether oxygens (including phenoxy) is 1. The summed E-state index contributed by atoms with van der Waals surface area (Å²) < 4.78 is 5.30. The lowest BCUT2D eigenvalue weighted by molar-refractivity contribution is 0.122. The molecule has 5 heteroatoms. The molecule has 0 aliphatic carbocycles. The van der Waals surface area contributed by atoms with Crippen LogP contribution in [0.5, 0.6) is 0 Å². The Morgan fingerprint density at radius 3 is 2.65 bits per heavy atom. The summed E-state index contributed by atoms with van der Waals surface area (Å²) in [5.74, 6) is 0.813. The van der Waals surface area contributed by atoms with E-state index in [9.17, 15) is 0 Å². The first-order valence-corrected chi connectivity index (χ1v) is 6.24. The number of nitrogens with one attached hydrogen (secondary N) is 1. The highest BCUT2D eigenvalue weighted by Crippen LogP contribution is 2.09. The Hall–Kier alpha value is -1.20. The molecule has 1 aromatic rings. The van der Waals surface area contributed by atoms with Crippen LogP contribution in [0.25, 0.3) is 0 Å². The molecule has 0 saturated carbocycles. The second-order valence-corrected chi connectivity index (χ2v) is 4.17. The molecule has 5 nitrogen and oxygen atoms in total. The van der Waals surface area contributed by atoms with Crippen LogP contribution in [0.1, 0.15) is 18.9 Å². The fourth-order valence-electron chi connectivity index (χ4n) is 1.78. The largest absolute Gasteiger partial charge is 0.378 e. The van der Waals surface area contributed by atoms with Gasteiger partial charge in [0.2, 0.25) is 5.95 Å². The zero-order valence-electron chi connectivity index (χ0n) is 10.4. The van der Waals surface area contributed by atoms with E-state index in [1.165, 1.54) is 0 Å². The lowest BCUT2D eigenvalue weighted by Crippen LogP contribution is -2.37. The van der Waals surface area contributed by atoms with Crippen LogP contribution in [-0.2, 0) is 11.3 Å². The molecule has 1 aliphatic heterocycles. The van der Waals surface area contributed by atoms with Crippen molar-refractivity contribution in [2.75, 3.05) is 37.7 Å². The van der Waals surface area contributed by atoms with Gasteiger partial charge >= 0.3 is 0 Å². The van der Waals surface area contributed by atoms with E-state index < -0.39 is 0 Å². The molecule has 2 heterocycles. The van der Waals surface area contributed by atoms with Gasteiger partial charge < -0.3 is 15.0 Å². The predicted molar refractivity (Wildman–Crippen MR) is 67.1 cm³/mol. The van der Waals surface area contributed by atoms with Crippen molar-refractivity contribution in [2.45, 2.75) is 19.9 Å². The van der Waals surface area contributed by atoms with Crippen molar-refractivity contribution in [1.82, 2.24) is 15.3 Å². The van der Waals surface area contributed by atoms with Crippen LogP contribution in [0.4, 0.5) is 5.95 Å². The van der Waals surface area contributed by atoms with Gasteiger partial charge in [-0.2, -0.15) is 0 Å². The summed E-state index contributed by atoms with van der Waals surface area (Å²) in [5, 5.41) is 3.34. The zero-order valence-corrected chi connectivity index (χ0v) is 10.4. The molecule has 0 amide bonds. The molecule has 1 fully saturated rings. The molecule has 0 unspecified atom stereocenters. The molecule has 0 aromatic carbocycles.